The van der Waals surface area contributed by atoms with Crippen LogP contribution in [-0.2, 0) is 4.79 Å². The topological polar surface area (TPSA) is 124 Å². The normalized spacial score (nSPS) is 10.5. The number of carbonyl (C=O) groups is 1. The fourth-order valence-electron chi connectivity index (χ4n) is 1.47. The van der Waals surface area contributed by atoms with E-state index in [4.69, 9.17) is 10.2 Å². The Morgan fingerprint density at radius 3 is 2.52 bits per heavy atom. The molecule has 0 spiro atoms. The van der Waals surface area contributed by atoms with Gasteiger partial charge in [-0.25, -0.2) is 0 Å². The number of nitrogens with zero attached hydrogens (tertiary/aromatic N) is 4. The minimum atomic E-state index is -0.880. The molecule has 0 atom stereocenters. The average Bonchev–Trinajstić information content (AvgIpc) is 2.41. The van der Waals surface area contributed by atoms with Gasteiger partial charge >= 0.3 is 5.97 Å². The smallest absolute Gasteiger partial charge is 0.305 e. The third-order valence-electron chi connectivity index (χ3n) is 2.44. The molecule has 1 aromatic heterocycles. The lowest BCUT2D eigenvalue weighted by Gasteiger charge is -2.18. The molecule has 0 aliphatic rings. The SMILES string of the molecule is CC(C)Nc1nc(NCCO)nc(N(C)CCC(=O)O)n1. The van der Waals surface area contributed by atoms with Gasteiger partial charge in [0, 0.05) is 26.2 Å². The minimum absolute atomic E-state index is 0.00543. The van der Waals surface area contributed by atoms with Gasteiger partial charge in [-0.1, -0.05) is 0 Å². The third-order valence-corrected chi connectivity index (χ3v) is 2.44. The van der Waals surface area contributed by atoms with Gasteiger partial charge in [0.15, 0.2) is 0 Å². The number of aliphatic hydroxyl groups excluding tert-OH is 1. The van der Waals surface area contributed by atoms with Crippen LogP contribution < -0.4 is 15.5 Å². The van der Waals surface area contributed by atoms with Crippen molar-refractivity contribution in [3.63, 3.8) is 0 Å². The molecule has 0 fully saturated rings. The highest BCUT2D eigenvalue weighted by Crippen LogP contribution is 2.13. The zero-order chi connectivity index (χ0) is 15.8. The molecule has 9 nitrogen and oxygen atoms in total. The van der Waals surface area contributed by atoms with Crippen molar-refractivity contribution in [1.29, 1.82) is 0 Å². The summed E-state index contributed by atoms with van der Waals surface area (Å²) < 4.78 is 0. The van der Waals surface area contributed by atoms with Crippen LogP contribution in [0.2, 0.25) is 0 Å². The van der Waals surface area contributed by atoms with Gasteiger partial charge in [-0.15, -0.1) is 0 Å². The number of carboxylic acid groups (broad SMARTS) is 1. The van der Waals surface area contributed by atoms with E-state index in [2.05, 4.69) is 25.6 Å². The van der Waals surface area contributed by atoms with E-state index in [9.17, 15) is 4.79 Å². The van der Waals surface area contributed by atoms with Crippen molar-refractivity contribution in [2.24, 2.45) is 0 Å². The molecular weight excluding hydrogens is 276 g/mol. The average molecular weight is 298 g/mol. The van der Waals surface area contributed by atoms with Crippen molar-refractivity contribution in [3.8, 4) is 0 Å². The van der Waals surface area contributed by atoms with Crippen molar-refractivity contribution in [3.05, 3.63) is 0 Å². The van der Waals surface area contributed by atoms with E-state index in [-0.39, 0.29) is 19.1 Å². The Morgan fingerprint density at radius 2 is 1.95 bits per heavy atom. The predicted molar refractivity (Wildman–Crippen MR) is 79.7 cm³/mol. The molecule has 0 radical (unpaired) electrons. The molecule has 0 saturated heterocycles. The maximum Gasteiger partial charge on any atom is 0.305 e. The number of aliphatic hydroxyl groups is 1. The molecule has 118 valence electrons. The summed E-state index contributed by atoms with van der Waals surface area (Å²) in [6.45, 7) is 4.49. The van der Waals surface area contributed by atoms with Gasteiger partial charge < -0.3 is 25.7 Å². The van der Waals surface area contributed by atoms with Crippen LogP contribution in [0.5, 0.6) is 0 Å². The van der Waals surface area contributed by atoms with Gasteiger partial charge in [0.1, 0.15) is 0 Å². The predicted octanol–water partition coefficient (Wildman–Crippen LogP) is 0.00700. The van der Waals surface area contributed by atoms with Crippen LogP contribution in [0.4, 0.5) is 17.8 Å². The first-order valence-corrected chi connectivity index (χ1v) is 6.72. The lowest BCUT2D eigenvalue weighted by molar-refractivity contribution is -0.136. The van der Waals surface area contributed by atoms with E-state index in [1.807, 2.05) is 13.8 Å². The van der Waals surface area contributed by atoms with E-state index in [1.165, 1.54) is 0 Å². The van der Waals surface area contributed by atoms with E-state index in [0.29, 0.717) is 30.9 Å². The molecular formula is C12H22N6O3. The molecule has 0 saturated carbocycles. The fourth-order valence-corrected chi connectivity index (χ4v) is 1.47. The van der Waals surface area contributed by atoms with Gasteiger partial charge in [0.2, 0.25) is 17.8 Å². The van der Waals surface area contributed by atoms with Crippen LogP contribution in [-0.4, -0.2) is 63.9 Å². The number of aromatic nitrogens is 3. The number of aliphatic carboxylic acids is 1. The van der Waals surface area contributed by atoms with Gasteiger partial charge in [0.25, 0.3) is 0 Å². The first-order valence-electron chi connectivity index (χ1n) is 6.72. The Balaban J connectivity index is 2.91. The van der Waals surface area contributed by atoms with E-state index < -0.39 is 5.97 Å². The summed E-state index contributed by atoms with van der Waals surface area (Å²) in [7, 11) is 1.72. The second kappa shape index (κ2) is 8.20. The van der Waals surface area contributed by atoms with Crippen molar-refractivity contribution in [1.82, 2.24) is 15.0 Å². The first kappa shape index (κ1) is 16.9. The number of anilines is 3. The van der Waals surface area contributed by atoms with E-state index >= 15 is 0 Å². The minimum Gasteiger partial charge on any atom is -0.481 e. The molecule has 1 rings (SSSR count). The van der Waals surface area contributed by atoms with Crippen LogP contribution in [0, 0.1) is 0 Å². The summed E-state index contributed by atoms with van der Waals surface area (Å²) in [4.78, 5) is 24.9. The maximum absolute atomic E-state index is 10.6. The molecule has 0 amide bonds. The summed E-state index contributed by atoms with van der Waals surface area (Å²) in [6.07, 6.45) is -0.00543. The molecule has 0 aromatic carbocycles. The standard InChI is InChI=1S/C12H22N6O3/c1-8(2)14-11-15-10(13-5-7-19)16-12(17-11)18(3)6-4-9(20)21/h8,19H,4-7H2,1-3H3,(H,20,21)(H2,13,14,15,16,17). The molecule has 0 aliphatic carbocycles. The van der Waals surface area contributed by atoms with E-state index in [1.54, 1.807) is 11.9 Å². The summed E-state index contributed by atoms with van der Waals surface area (Å²) in [6, 6.07) is 0.148. The van der Waals surface area contributed by atoms with Gasteiger partial charge in [0.05, 0.1) is 13.0 Å². The number of hydrogen-bond acceptors (Lipinski definition) is 8. The molecule has 0 bridgehead atoms. The molecule has 0 unspecified atom stereocenters. The monoisotopic (exact) mass is 298 g/mol. The zero-order valence-electron chi connectivity index (χ0n) is 12.5. The van der Waals surface area contributed by atoms with Crippen molar-refractivity contribution in [2.45, 2.75) is 26.3 Å². The molecule has 0 aliphatic heterocycles. The molecule has 21 heavy (non-hydrogen) atoms. The Kier molecular flexibility index (Phi) is 6.60. The highest BCUT2D eigenvalue weighted by atomic mass is 16.4. The molecule has 1 aromatic rings. The summed E-state index contributed by atoms with van der Waals surface area (Å²) >= 11 is 0. The Hall–Kier alpha value is -2.16. The Labute approximate surface area is 123 Å². The summed E-state index contributed by atoms with van der Waals surface area (Å²) in [5, 5.41) is 23.5. The van der Waals surface area contributed by atoms with Gasteiger partial charge in [-0.05, 0) is 13.8 Å². The Morgan fingerprint density at radius 1 is 1.29 bits per heavy atom. The lowest BCUT2D eigenvalue weighted by atomic mass is 10.4. The lowest BCUT2D eigenvalue weighted by Crippen LogP contribution is -2.25. The largest absolute Gasteiger partial charge is 0.481 e. The molecule has 4 N–H and O–H groups in total. The highest BCUT2D eigenvalue weighted by molar-refractivity contribution is 5.67. The number of nitrogens with one attached hydrogen (secondary N) is 2. The second-order valence-corrected chi connectivity index (χ2v) is 4.80. The van der Waals surface area contributed by atoms with E-state index in [0.717, 1.165) is 0 Å². The first-order chi connectivity index (χ1) is 9.92. The summed E-state index contributed by atoms with van der Waals surface area (Å²) in [5.74, 6) is 0.224. The third kappa shape index (κ3) is 6.21. The summed E-state index contributed by atoms with van der Waals surface area (Å²) in [5.41, 5.74) is 0. The van der Waals surface area contributed by atoms with Crippen LogP contribution in [0.25, 0.3) is 0 Å². The number of rotatable bonds is 9. The number of carboxylic acids is 1. The maximum atomic E-state index is 10.6. The fraction of sp³-hybridized carbons (Fsp3) is 0.667. The highest BCUT2D eigenvalue weighted by Gasteiger charge is 2.12. The van der Waals surface area contributed by atoms with Crippen LogP contribution in [0.3, 0.4) is 0 Å². The molecule has 9 heteroatoms. The van der Waals surface area contributed by atoms with Crippen LogP contribution in [0.1, 0.15) is 20.3 Å². The zero-order valence-corrected chi connectivity index (χ0v) is 12.5. The Bertz CT molecular complexity index is 468. The van der Waals surface area contributed by atoms with Gasteiger partial charge in [-0.2, -0.15) is 15.0 Å². The quantitative estimate of drug-likeness (QED) is 0.499. The van der Waals surface area contributed by atoms with Crippen LogP contribution in [0.15, 0.2) is 0 Å². The number of hydrogen-bond donors (Lipinski definition) is 4. The molecule has 1 heterocycles. The van der Waals surface area contributed by atoms with Crippen LogP contribution >= 0.6 is 0 Å². The van der Waals surface area contributed by atoms with Crippen molar-refractivity contribution >= 4 is 23.8 Å². The van der Waals surface area contributed by atoms with Crippen molar-refractivity contribution in [2.75, 3.05) is 42.3 Å². The van der Waals surface area contributed by atoms with Gasteiger partial charge in [-0.3, -0.25) is 4.79 Å². The van der Waals surface area contributed by atoms with Crippen molar-refractivity contribution < 1.29 is 15.0 Å². The second-order valence-electron chi connectivity index (χ2n) is 4.80.